The highest BCUT2D eigenvalue weighted by atomic mass is 19.1. The van der Waals surface area contributed by atoms with Crippen LogP contribution < -0.4 is 0 Å². The van der Waals surface area contributed by atoms with Gasteiger partial charge in [0.05, 0.1) is 24.8 Å². The molecule has 3 atom stereocenters. The maximum atomic E-state index is 13.1. The van der Waals surface area contributed by atoms with E-state index in [9.17, 15) is 14.3 Å². The molecule has 2 bridgehead atoms. The molecule has 0 aliphatic carbocycles. The van der Waals surface area contributed by atoms with Crippen molar-refractivity contribution >= 4 is 11.5 Å². The van der Waals surface area contributed by atoms with E-state index in [0.717, 1.165) is 11.1 Å². The predicted octanol–water partition coefficient (Wildman–Crippen LogP) is 1.59. The Morgan fingerprint density at radius 3 is 2.67 bits per heavy atom. The monoisotopic (exact) mass is 291 g/mol. The lowest BCUT2D eigenvalue weighted by atomic mass is 9.88. The van der Waals surface area contributed by atoms with Crippen molar-refractivity contribution in [2.75, 3.05) is 14.2 Å². The van der Waals surface area contributed by atoms with Gasteiger partial charge in [0.2, 0.25) is 0 Å². The number of carbonyl (C=O) groups is 1. The van der Waals surface area contributed by atoms with Crippen molar-refractivity contribution in [3.05, 3.63) is 41.2 Å². The van der Waals surface area contributed by atoms with Gasteiger partial charge in [-0.1, -0.05) is 12.1 Å². The van der Waals surface area contributed by atoms with Gasteiger partial charge >= 0.3 is 5.97 Å². The highest BCUT2D eigenvalue weighted by molar-refractivity contribution is 6.00. The molecule has 0 amide bonds. The second-order valence-corrected chi connectivity index (χ2v) is 5.66. The van der Waals surface area contributed by atoms with Gasteiger partial charge in [0.25, 0.3) is 0 Å². The molecule has 4 nitrogen and oxygen atoms in total. The minimum atomic E-state index is -0.577. The van der Waals surface area contributed by atoms with E-state index in [4.69, 9.17) is 4.74 Å². The van der Waals surface area contributed by atoms with Crippen LogP contribution in [0, 0.1) is 5.82 Å². The second kappa shape index (κ2) is 5.24. The Balaban J connectivity index is 2.13. The van der Waals surface area contributed by atoms with Gasteiger partial charge in [-0.25, -0.2) is 9.18 Å². The number of aliphatic hydroxyl groups excluding tert-OH is 1. The third kappa shape index (κ3) is 2.26. The zero-order valence-electron chi connectivity index (χ0n) is 12.0. The Labute approximate surface area is 122 Å². The van der Waals surface area contributed by atoms with Crippen LogP contribution in [0.1, 0.15) is 18.4 Å². The summed E-state index contributed by atoms with van der Waals surface area (Å²) in [7, 11) is 3.25. The Morgan fingerprint density at radius 1 is 1.38 bits per heavy atom. The average Bonchev–Trinajstić information content (AvgIpc) is 2.66. The van der Waals surface area contributed by atoms with Crippen molar-refractivity contribution in [2.45, 2.75) is 31.0 Å². The van der Waals surface area contributed by atoms with E-state index < -0.39 is 12.1 Å². The van der Waals surface area contributed by atoms with E-state index in [0.29, 0.717) is 18.4 Å². The number of hydrogen-bond donors (Lipinski definition) is 1. The first-order valence-corrected chi connectivity index (χ1v) is 7.00. The van der Waals surface area contributed by atoms with Gasteiger partial charge in [0.1, 0.15) is 5.82 Å². The standard InChI is InChI=1S/C16H18FNO3/c1-18-11-7-12(9-3-5-10(17)6-4-9)14(16(20)21-2)15(18)13(19)8-11/h3-6,11,13,15,19H,7-8H2,1-2H3/t11-,13+,15+/m0/s1. The number of carbonyl (C=O) groups excluding carboxylic acids is 1. The smallest absolute Gasteiger partial charge is 0.335 e. The van der Waals surface area contributed by atoms with E-state index in [1.165, 1.54) is 19.2 Å². The number of likely N-dealkylation sites (N-methyl/N-ethyl adjacent to an activating group) is 1. The molecule has 0 unspecified atom stereocenters. The normalized spacial score (nSPS) is 28.9. The maximum Gasteiger partial charge on any atom is 0.335 e. The molecule has 2 heterocycles. The summed E-state index contributed by atoms with van der Waals surface area (Å²) in [5, 5.41) is 10.2. The van der Waals surface area contributed by atoms with E-state index in [-0.39, 0.29) is 17.9 Å². The van der Waals surface area contributed by atoms with E-state index in [1.54, 1.807) is 12.1 Å². The summed E-state index contributed by atoms with van der Waals surface area (Å²) >= 11 is 0. The molecular weight excluding hydrogens is 273 g/mol. The third-order valence-electron chi connectivity index (χ3n) is 4.55. The summed E-state index contributed by atoms with van der Waals surface area (Å²) in [5.41, 5.74) is 2.16. The molecule has 1 aromatic rings. The molecule has 0 aromatic heterocycles. The van der Waals surface area contributed by atoms with Gasteiger partial charge in [-0.2, -0.15) is 0 Å². The number of esters is 1. The number of rotatable bonds is 2. The Kier molecular flexibility index (Phi) is 3.55. The first kappa shape index (κ1) is 14.2. The number of halogens is 1. The topological polar surface area (TPSA) is 49.8 Å². The fourth-order valence-electron chi connectivity index (χ4n) is 3.50. The second-order valence-electron chi connectivity index (χ2n) is 5.66. The summed E-state index contributed by atoms with van der Waals surface area (Å²) < 4.78 is 18.0. The lowest BCUT2D eigenvalue weighted by Crippen LogP contribution is -2.43. The van der Waals surface area contributed by atoms with Crippen molar-refractivity contribution in [3.63, 3.8) is 0 Å². The molecule has 1 fully saturated rings. The molecule has 0 radical (unpaired) electrons. The molecule has 3 rings (SSSR count). The van der Waals surface area contributed by atoms with Crippen LogP contribution in [0.3, 0.4) is 0 Å². The molecule has 0 spiro atoms. The molecule has 21 heavy (non-hydrogen) atoms. The Hall–Kier alpha value is -1.72. The van der Waals surface area contributed by atoms with Crippen LogP contribution in [0.4, 0.5) is 4.39 Å². The zero-order valence-corrected chi connectivity index (χ0v) is 12.0. The highest BCUT2D eigenvalue weighted by Gasteiger charge is 2.47. The molecule has 1 N–H and O–H groups in total. The maximum absolute atomic E-state index is 13.1. The highest BCUT2D eigenvalue weighted by Crippen LogP contribution is 2.42. The minimum absolute atomic E-state index is 0.193. The fourth-order valence-corrected chi connectivity index (χ4v) is 3.50. The van der Waals surface area contributed by atoms with Crippen molar-refractivity contribution in [1.29, 1.82) is 0 Å². The predicted molar refractivity (Wildman–Crippen MR) is 75.9 cm³/mol. The van der Waals surface area contributed by atoms with Gasteiger partial charge in [-0.05, 0) is 43.2 Å². The minimum Gasteiger partial charge on any atom is -0.466 e. The summed E-state index contributed by atoms with van der Waals surface area (Å²) in [5.74, 6) is -0.736. The lowest BCUT2D eigenvalue weighted by Gasteiger charge is -2.34. The first-order valence-electron chi connectivity index (χ1n) is 7.00. The van der Waals surface area contributed by atoms with Crippen molar-refractivity contribution in [2.24, 2.45) is 0 Å². The van der Waals surface area contributed by atoms with Gasteiger partial charge in [0, 0.05) is 6.04 Å². The molecule has 2 aliphatic rings. The van der Waals surface area contributed by atoms with Crippen LogP contribution in [-0.4, -0.2) is 48.3 Å². The third-order valence-corrected chi connectivity index (χ3v) is 4.55. The van der Waals surface area contributed by atoms with Crippen molar-refractivity contribution in [3.8, 4) is 0 Å². The summed E-state index contributed by atoms with van der Waals surface area (Å²) in [6.07, 6.45) is 0.707. The summed E-state index contributed by atoms with van der Waals surface area (Å²) in [6.45, 7) is 0. The van der Waals surface area contributed by atoms with Crippen molar-refractivity contribution < 1.29 is 19.0 Å². The van der Waals surface area contributed by atoms with Gasteiger partial charge in [-0.15, -0.1) is 0 Å². The van der Waals surface area contributed by atoms with Gasteiger partial charge < -0.3 is 9.84 Å². The number of ether oxygens (including phenoxy) is 1. The van der Waals surface area contributed by atoms with Crippen LogP contribution in [-0.2, 0) is 9.53 Å². The molecular formula is C16H18FNO3. The first-order chi connectivity index (χ1) is 10.0. The van der Waals surface area contributed by atoms with Crippen molar-refractivity contribution in [1.82, 2.24) is 4.90 Å². The van der Waals surface area contributed by atoms with Crippen LogP contribution in [0.5, 0.6) is 0 Å². The van der Waals surface area contributed by atoms with E-state index in [1.807, 2.05) is 11.9 Å². The number of hydrogen-bond acceptors (Lipinski definition) is 4. The summed E-state index contributed by atoms with van der Waals surface area (Å²) in [6, 6.07) is 5.95. The average molecular weight is 291 g/mol. The van der Waals surface area contributed by atoms with Crippen LogP contribution in [0.15, 0.2) is 29.8 Å². The number of fused-ring (bicyclic) bond motifs is 2. The van der Waals surface area contributed by atoms with Crippen LogP contribution in [0.2, 0.25) is 0 Å². The van der Waals surface area contributed by atoms with Crippen LogP contribution in [0.25, 0.3) is 5.57 Å². The molecule has 112 valence electrons. The number of aliphatic hydroxyl groups is 1. The zero-order chi connectivity index (χ0) is 15.1. The van der Waals surface area contributed by atoms with E-state index in [2.05, 4.69) is 0 Å². The van der Waals surface area contributed by atoms with Gasteiger partial charge in [-0.3, -0.25) is 4.90 Å². The molecule has 1 aromatic carbocycles. The Morgan fingerprint density at radius 2 is 2.05 bits per heavy atom. The molecule has 2 aliphatic heterocycles. The Bertz CT molecular complexity index is 596. The number of benzene rings is 1. The molecule has 1 saturated heterocycles. The fraction of sp³-hybridized carbons (Fsp3) is 0.438. The largest absolute Gasteiger partial charge is 0.466 e. The lowest BCUT2D eigenvalue weighted by molar-refractivity contribution is -0.137. The van der Waals surface area contributed by atoms with Crippen LogP contribution >= 0.6 is 0 Å². The molecule has 0 saturated carbocycles. The summed E-state index contributed by atoms with van der Waals surface area (Å²) in [4.78, 5) is 14.2. The molecule has 5 heteroatoms. The number of nitrogens with zero attached hydrogens (tertiary/aromatic N) is 1. The van der Waals surface area contributed by atoms with E-state index >= 15 is 0 Å². The van der Waals surface area contributed by atoms with Gasteiger partial charge in [0.15, 0.2) is 0 Å². The SMILES string of the molecule is COC(=O)C1=C(c2ccc(F)cc2)C[C@H]2C[C@@H](O)[C@H]1N2C. The quantitative estimate of drug-likeness (QED) is 0.841. The number of methoxy groups -OCH3 is 1.